The standard InChI is InChI=1S/2C4H9NO2.4C2H6.4CH3.Y/c2*1-3(7-2)4(5)6;4*1-2;;;;;/h2*3H,1-2H3,(H2,5,6);4*1-2H3;4*1H3;/q;;;;;;4*-1;. The molecule has 1 radical (unpaired) electrons. The molecule has 175 valence electrons. The van der Waals surface area contributed by atoms with Gasteiger partial charge in [-0.2, -0.15) is 0 Å². The molecule has 0 rings (SSSR count). The fourth-order valence-corrected chi connectivity index (χ4v) is 0.232. The van der Waals surface area contributed by atoms with E-state index in [1.165, 1.54) is 14.2 Å². The van der Waals surface area contributed by atoms with Gasteiger partial charge < -0.3 is 50.6 Å². The molecule has 2 amide bonds. The zero-order valence-electron chi connectivity index (χ0n) is 21.5. The largest absolute Gasteiger partial charge is 0.372 e. The molecule has 0 aliphatic rings. The molecule has 0 aromatic heterocycles. The maximum absolute atomic E-state index is 10.0. The van der Waals surface area contributed by atoms with Crippen LogP contribution in [-0.4, -0.2) is 38.2 Å². The Labute approximate surface area is 199 Å². The van der Waals surface area contributed by atoms with Crippen LogP contribution in [0.2, 0.25) is 0 Å². The fourth-order valence-electron chi connectivity index (χ4n) is 0.232. The Bertz CT molecular complexity index is 177. The maximum Gasteiger partial charge on any atom is 0.246 e. The predicted octanol–water partition coefficient (Wildman–Crippen LogP) is 4.92. The van der Waals surface area contributed by atoms with Crippen molar-refractivity contribution in [2.45, 2.75) is 81.4 Å². The Morgan fingerprint density at radius 2 is 0.704 bits per heavy atom. The predicted molar refractivity (Wildman–Crippen MR) is 122 cm³/mol. The number of hydrogen-bond donors (Lipinski definition) is 2. The first kappa shape index (κ1) is 71.3. The summed E-state index contributed by atoms with van der Waals surface area (Å²) in [7, 11) is 2.88. The van der Waals surface area contributed by atoms with Gasteiger partial charge in [-0.25, -0.2) is 0 Å². The summed E-state index contributed by atoms with van der Waals surface area (Å²) in [5.74, 6) is -0.856. The van der Waals surface area contributed by atoms with Crippen LogP contribution in [0.4, 0.5) is 0 Å². The average molecular weight is 476 g/mol. The molecule has 27 heavy (non-hydrogen) atoms. The Hall–Kier alpha value is -0.0361. The summed E-state index contributed by atoms with van der Waals surface area (Å²) in [6, 6.07) is 0. The Balaban J connectivity index is -0.0000000135. The summed E-state index contributed by atoms with van der Waals surface area (Å²) in [5, 5.41) is 0. The Morgan fingerprint density at radius 1 is 0.593 bits per heavy atom. The molecule has 2 unspecified atom stereocenters. The molecule has 0 aromatic rings. The third-order valence-corrected chi connectivity index (χ3v) is 1.51. The molecule has 0 saturated heterocycles. The molecule has 0 bridgehead atoms. The van der Waals surface area contributed by atoms with Crippen LogP contribution in [0, 0.1) is 29.7 Å². The second kappa shape index (κ2) is 83.0. The van der Waals surface area contributed by atoms with E-state index in [4.69, 9.17) is 11.5 Å². The van der Waals surface area contributed by atoms with Crippen molar-refractivity contribution in [1.29, 1.82) is 0 Å². The molecule has 0 fully saturated rings. The van der Waals surface area contributed by atoms with Crippen molar-refractivity contribution in [3.8, 4) is 0 Å². The van der Waals surface area contributed by atoms with Crippen LogP contribution in [0.3, 0.4) is 0 Å². The van der Waals surface area contributed by atoms with E-state index in [0.29, 0.717) is 0 Å². The molecule has 2 atom stereocenters. The average Bonchev–Trinajstić information content (AvgIpc) is 2.60. The van der Waals surface area contributed by atoms with E-state index in [1.54, 1.807) is 13.8 Å². The topological polar surface area (TPSA) is 105 Å². The molecule has 0 aliphatic carbocycles. The van der Waals surface area contributed by atoms with Gasteiger partial charge in [-0.1, -0.05) is 55.4 Å². The van der Waals surface area contributed by atoms with E-state index in [9.17, 15) is 9.59 Å². The van der Waals surface area contributed by atoms with E-state index in [2.05, 4.69) is 9.47 Å². The molecule has 0 aromatic carbocycles. The van der Waals surface area contributed by atoms with E-state index in [1.807, 2.05) is 55.4 Å². The second-order valence-corrected chi connectivity index (χ2v) is 2.56. The van der Waals surface area contributed by atoms with Gasteiger partial charge >= 0.3 is 0 Å². The minimum absolute atomic E-state index is 0. The van der Waals surface area contributed by atoms with Gasteiger partial charge in [-0.3, -0.25) is 9.59 Å². The fraction of sp³-hybridized carbons (Fsp3) is 0.700. The van der Waals surface area contributed by atoms with Gasteiger partial charge in [0.05, 0.1) is 0 Å². The Morgan fingerprint density at radius 3 is 0.704 bits per heavy atom. The number of methoxy groups -OCH3 is 2. The van der Waals surface area contributed by atoms with Crippen molar-refractivity contribution in [2.75, 3.05) is 14.2 Å². The SMILES string of the molecule is CC.CC.CC.CC.COC(C)C(N)=O.COC(C)C(N)=O.[CH3-].[CH3-].[CH3-].[CH3-].[Y]. The van der Waals surface area contributed by atoms with Crippen molar-refractivity contribution in [2.24, 2.45) is 11.5 Å². The van der Waals surface area contributed by atoms with Crippen molar-refractivity contribution in [3.63, 3.8) is 0 Å². The van der Waals surface area contributed by atoms with Gasteiger partial charge in [-0.15, -0.1) is 0 Å². The van der Waals surface area contributed by atoms with E-state index >= 15 is 0 Å². The molecular weight excluding hydrogens is 421 g/mol. The molecule has 0 saturated carbocycles. The van der Waals surface area contributed by atoms with Crippen LogP contribution >= 0.6 is 0 Å². The van der Waals surface area contributed by atoms with E-state index in [-0.39, 0.29) is 62.4 Å². The summed E-state index contributed by atoms with van der Waals surface area (Å²) in [5.41, 5.74) is 9.57. The minimum atomic E-state index is -0.458. The molecule has 0 spiro atoms. The maximum atomic E-state index is 10.0. The quantitative estimate of drug-likeness (QED) is 0.563. The van der Waals surface area contributed by atoms with Gasteiger partial charge in [0, 0.05) is 46.9 Å². The monoisotopic (exact) mass is 475 g/mol. The first-order chi connectivity index (χ1) is 10.4. The van der Waals surface area contributed by atoms with Crippen LogP contribution in [0.1, 0.15) is 69.2 Å². The molecular formula is C20H54N2O4Y-4. The summed E-state index contributed by atoms with van der Waals surface area (Å²) in [4.78, 5) is 20.1. The first-order valence-corrected chi connectivity index (χ1v) is 8.01. The number of primary amides is 2. The van der Waals surface area contributed by atoms with Crippen molar-refractivity contribution >= 4 is 11.8 Å². The van der Waals surface area contributed by atoms with E-state index in [0.717, 1.165) is 0 Å². The van der Waals surface area contributed by atoms with Gasteiger partial charge in [0.15, 0.2) is 0 Å². The zero-order chi connectivity index (χ0) is 19.7. The third kappa shape index (κ3) is 104. The number of carbonyl (C=O) groups excluding carboxylic acids is 2. The second-order valence-electron chi connectivity index (χ2n) is 2.56. The first-order valence-electron chi connectivity index (χ1n) is 8.01. The molecule has 0 heterocycles. The molecule has 4 N–H and O–H groups in total. The number of amides is 2. The number of nitrogens with two attached hydrogens (primary N) is 2. The summed E-state index contributed by atoms with van der Waals surface area (Å²) in [6.45, 7) is 19.2. The molecule has 0 aliphatic heterocycles. The minimum Gasteiger partial charge on any atom is -0.372 e. The summed E-state index contributed by atoms with van der Waals surface area (Å²) < 4.78 is 9.07. The number of carbonyl (C=O) groups is 2. The van der Waals surface area contributed by atoms with Gasteiger partial charge in [-0.05, 0) is 13.8 Å². The number of hydrogen-bond acceptors (Lipinski definition) is 4. The molecule has 7 heteroatoms. The molecule has 6 nitrogen and oxygen atoms in total. The van der Waals surface area contributed by atoms with Gasteiger partial charge in [0.2, 0.25) is 11.8 Å². The van der Waals surface area contributed by atoms with Crippen LogP contribution in [0.5, 0.6) is 0 Å². The van der Waals surface area contributed by atoms with Crippen molar-refractivity contribution in [1.82, 2.24) is 0 Å². The normalized spacial score (nSPS) is 7.85. The van der Waals surface area contributed by atoms with Crippen molar-refractivity contribution in [3.05, 3.63) is 29.7 Å². The van der Waals surface area contributed by atoms with Crippen LogP contribution in [-0.2, 0) is 51.8 Å². The van der Waals surface area contributed by atoms with Gasteiger partial charge in [0.1, 0.15) is 12.2 Å². The van der Waals surface area contributed by atoms with Crippen LogP contribution in [0.15, 0.2) is 0 Å². The summed E-state index contributed by atoms with van der Waals surface area (Å²) >= 11 is 0. The van der Waals surface area contributed by atoms with Crippen molar-refractivity contribution < 1.29 is 51.8 Å². The third-order valence-electron chi connectivity index (χ3n) is 1.51. The number of ether oxygens (including phenoxy) is 2. The Kier molecular flexibility index (Phi) is 219. The van der Waals surface area contributed by atoms with Crippen LogP contribution < -0.4 is 11.5 Å². The van der Waals surface area contributed by atoms with Gasteiger partial charge in [0.25, 0.3) is 0 Å². The smallest absolute Gasteiger partial charge is 0.246 e. The number of rotatable bonds is 4. The summed E-state index contributed by atoms with van der Waals surface area (Å²) in [6.07, 6.45) is -0.917. The zero-order valence-corrected chi connectivity index (χ0v) is 24.4. The van der Waals surface area contributed by atoms with E-state index < -0.39 is 24.0 Å². The van der Waals surface area contributed by atoms with Crippen LogP contribution in [0.25, 0.3) is 0 Å².